The molecule has 0 aromatic rings. The first-order valence-corrected chi connectivity index (χ1v) is 7.03. The van der Waals surface area contributed by atoms with Crippen molar-refractivity contribution in [1.82, 2.24) is 4.57 Å². The van der Waals surface area contributed by atoms with Crippen LogP contribution in [0.1, 0.15) is 34.6 Å². The molecule has 0 heterocycles. The summed E-state index contributed by atoms with van der Waals surface area (Å²) in [5.41, 5.74) is 0. The third kappa shape index (κ3) is 2.79. The van der Waals surface area contributed by atoms with Gasteiger partial charge in [-0.15, -0.1) is 0 Å². The molecule has 0 amide bonds. The van der Waals surface area contributed by atoms with Gasteiger partial charge in [0, 0.05) is 18.3 Å². The van der Waals surface area contributed by atoms with Crippen LogP contribution in [0.5, 0.6) is 0 Å². The van der Waals surface area contributed by atoms with Crippen LogP contribution in [0, 0.1) is 0 Å². The highest BCUT2D eigenvalue weighted by molar-refractivity contribution is 6.67. The first-order valence-electron chi connectivity index (χ1n) is 5.27. The van der Waals surface area contributed by atoms with Crippen LogP contribution >= 0.6 is 0 Å². The van der Waals surface area contributed by atoms with Crippen LogP contribution in [-0.2, 0) is 8.85 Å². The SMILES string of the molecule is CCO[Si](OCC)(N(C)C)C(C)(C)C. The Bertz CT molecular complexity index is 160. The smallest absolute Gasteiger partial charge is 0.383 e. The third-order valence-electron chi connectivity index (χ3n) is 2.22. The highest BCUT2D eigenvalue weighted by Gasteiger charge is 2.52. The topological polar surface area (TPSA) is 21.7 Å². The second-order valence-electron chi connectivity index (χ2n) is 4.59. The van der Waals surface area contributed by atoms with Crippen LogP contribution in [0.25, 0.3) is 0 Å². The van der Waals surface area contributed by atoms with Crippen molar-refractivity contribution in [2.24, 2.45) is 0 Å². The summed E-state index contributed by atoms with van der Waals surface area (Å²) in [6, 6.07) is 0. The first kappa shape index (κ1) is 14.1. The van der Waals surface area contributed by atoms with Gasteiger partial charge in [-0.1, -0.05) is 20.8 Å². The van der Waals surface area contributed by atoms with E-state index in [1.54, 1.807) is 0 Å². The van der Waals surface area contributed by atoms with Crippen molar-refractivity contribution in [3.63, 3.8) is 0 Å². The van der Waals surface area contributed by atoms with Crippen molar-refractivity contribution in [1.29, 1.82) is 0 Å². The highest BCUT2D eigenvalue weighted by Crippen LogP contribution is 2.38. The van der Waals surface area contributed by atoms with E-state index in [1.807, 2.05) is 27.9 Å². The fourth-order valence-corrected chi connectivity index (χ4v) is 5.38. The Morgan fingerprint density at radius 2 is 1.36 bits per heavy atom. The van der Waals surface area contributed by atoms with Crippen molar-refractivity contribution in [2.75, 3.05) is 27.3 Å². The third-order valence-corrected chi connectivity index (χ3v) is 6.65. The molecule has 0 unspecified atom stereocenters. The van der Waals surface area contributed by atoms with Gasteiger partial charge < -0.3 is 8.85 Å². The molecule has 14 heavy (non-hydrogen) atoms. The molecular weight excluding hydrogens is 194 g/mol. The summed E-state index contributed by atoms with van der Waals surface area (Å²) in [5.74, 6) is 0. The van der Waals surface area contributed by atoms with E-state index in [2.05, 4.69) is 25.3 Å². The molecule has 0 saturated carbocycles. The monoisotopic (exact) mass is 219 g/mol. The number of nitrogens with zero attached hydrogens (tertiary/aromatic N) is 1. The van der Waals surface area contributed by atoms with Gasteiger partial charge >= 0.3 is 8.72 Å². The van der Waals surface area contributed by atoms with E-state index in [-0.39, 0.29) is 5.04 Å². The fraction of sp³-hybridized carbons (Fsp3) is 1.00. The van der Waals surface area contributed by atoms with E-state index >= 15 is 0 Å². The zero-order valence-corrected chi connectivity index (χ0v) is 11.7. The lowest BCUT2D eigenvalue weighted by molar-refractivity contribution is 0.116. The molecule has 0 aromatic heterocycles. The van der Waals surface area contributed by atoms with Gasteiger partial charge in [0.25, 0.3) is 0 Å². The largest absolute Gasteiger partial charge is 0.432 e. The molecular formula is C10H25NO2Si. The lowest BCUT2D eigenvalue weighted by atomic mass is 10.3. The lowest BCUT2D eigenvalue weighted by Gasteiger charge is -2.43. The Balaban J connectivity index is 4.94. The van der Waals surface area contributed by atoms with E-state index in [1.165, 1.54) is 0 Å². The standard InChI is InChI=1S/C10H25NO2Si/c1-8-12-14(11(6)7,13-9-2)10(3,4)5/h8-9H2,1-7H3. The normalized spacial score (nSPS) is 13.7. The van der Waals surface area contributed by atoms with Gasteiger partial charge in [0.1, 0.15) is 0 Å². The maximum Gasteiger partial charge on any atom is 0.432 e. The summed E-state index contributed by atoms with van der Waals surface area (Å²) in [4.78, 5) is 0. The molecule has 0 bridgehead atoms. The summed E-state index contributed by atoms with van der Waals surface area (Å²) >= 11 is 0. The number of hydrogen-bond acceptors (Lipinski definition) is 3. The van der Waals surface area contributed by atoms with Crippen LogP contribution < -0.4 is 0 Å². The maximum absolute atomic E-state index is 5.94. The average molecular weight is 219 g/mol. The maximum atomic E-state index is 5.94. The van der Waals surface area contributed by atoms with Gasteiger partial charge in [0.2, 0.25) is 0 Å². The van der Waals surface area contributed by atoms with Gasteiger partial charge in [0.15, 0.2) is 0 Å². The van der Waals surface area contributed by atoms with Crippen LogP contribution in [0.3, 0.4) is 0 Å². The Kier molecular flexibility index (Phi) is 5.29. The Hall–Kier alpha value is 0.0969. The van der Waals surface area contributed by atoms with Gasteiger partial charge in [-0.05, 0) is 27.9 Å². The van der Waals surface area contributed by atoms with Gasteiger partial charge in [-0.3, -0.25) is 4.57 Å². The minimum absolute atomic E-state index is 0.0581. The van der Waals surface area contributed by atoms with Crippen molar-refractivity contribution in [3.8, 4) is 0 Å². The van der Waals surface area contributed by atoms with E-state index in [0.717, 1.165) is 0 Å². The predicted molar refractivity (Wildman–Crippen MR) is 62.4 cm³/mol. The van der Waals surface area contributed by atoms with Gasteiger partial charge in [0.05, 0.1) is 0 Å². The molecule has 0 aliphatic rings. The van der Waals surface area contributed by atoms with Crippen molar-refractivity contribution >= 4 is 8.72 Å². The summed E-state index contributed by atoms with van der Waals surface area (Å²) in [6.45, 7) is 12.0. The van der Waals surface area contributed by atoms with Crippen LogP contribution in [-0.4, -0.2) is 40.6 Å². The molecule has 86 valence electrons. The second-order valence-corrected chi connectivity index (χ2v) is 8.73. The van der Waals surface area contributed by atoms with Crippen molar-refractivity contribution < 1.29 is 8.85 Å². The lowest BCUT2D eigenvalue weighted by Crippen LogP contribution is -2.61. The molecule has 0 atom stereocenters. The Labute approximate surface area is 89.7 Å². The molecule has 0 spiro atoms. The highest BCUT2D eigenvalue weighted by atomic mass is 28.4. The molecule has 0 saturated heterocycles. The first-order chi connectivity index (χ1) is 6.31. The van der Waals surface area contributed by atoms with E-state index in [9.17, 15) is 0 Å². The quantitative estimate of drug-likeness (QED) is 0.663. The minimum atomic E-state index is -2.24. The Morgan fingerprint density at radius 3 is 1.50 bits per heavy atom. The fourth-order valence-electron chi connectivity index (χ4n) is 1.79. The minimum Gasteiger partial charge on any atom is -0.383 e. The predicted octanol–water partition coefficient (Wildman–Crippen LogP) is 2.36. The summed E-state index contributed by atoms with van der Waals surface area (Å²) in [6.07, 6.45) is 0. The summed E-state index contributed by atoms with van der Waals surface area (Å²) in [5, 5.41) is 0.0581. The summed E-state index contributed by atoms with van der Waals surface area (Å²) < 4.78 is 14.0. The molecule has 3 nitrogen and oxygen atoms in total. The summed E-state index contributed by atoms with van der Waals surface area (Å²) in [7, 11) is 1.85. The molecule has 0 aliphatic heterocycles. The number of rotatable bonds is 5. The molecule has 4 heteroatoms. The molecule has 0 N–H and O–H groups in total. The molecule has 0 rings (SSSR count). The van der Waals surface area contributed by atoms with Gasteiger partial charge in [-0.25, -0.2) is 0 Å². The van der Waals surface area contributed by atoms with Crippen LogP contribution in [0.4, 0.5) is 0 Å². The molecule has 0 aliphatic carbocycles. The average Bonchev–Trinajstić information content (AvgIpc) is 2.01. The van der Waals surface area contributed by atoms with Gasteiger partial charge in [-0.2, -0.15) is 0 Å². The van der Waals surface area contributed by atoms with Crippen LogP contribution in [0.15, 0.2) is 0 Å². The van der Waals surface area contributed by atoms with Crippen molar-refractivity contribution in [3.05, 3.63) is 0 Å². The van der Waals surface area contributed by atoms with E-state index in [4.69, 9.17) is 8.85 Å². The van der Waals surface area contributed by atoms with Crippen LogP contribution in [0.2, 0.25) is 5.04 Å². The molecule has 0 aromatic carbocycles. The Morgan fingerprint density at radius 1 is 1.00 bits per heavy atom. The molecule has 0 fully saturated rings. The zero-order chi connectivity index (χ0) is 11.4. The van der Waals surface area contributed by atoms with E-state index < -0.39 is 8.72 Å². The molecule has 0 radical (unpaired) electrons. The van der Waals surface area contributed by atoms with E-state index in [0.29, 0.717) is 13.2 Å². The second kappa shape index (κ2) is 5.26. The zero-order valence-electron chi connectivity index (χ0n) is 10.7. The number of hydrogen-bond donors (Lipinski definition) is 0. The van der Waals surface area contributed by atoms with Crippen molar-refractivity contribution in [2.45, 2.75) is 39.7 Å².